The molecule has 0 aliphatic heterocycles. The molecule has 1 aromatic carbocycles. The van der Waals surface area contributed by atoms with Crippen molar-refractivity contribution in [2.75, 3.05) is 5.32 Å². The van der Waals surface area contributed by atoms with Crippen molar-refractivity contribution >= 4 is 22.5 Å². The summed E-state index contributed by atoms with van der Waals surface area (Å²) in [7, 11) is 0. The Morgan fingerprint density at radius 2 is 1.88 bits per heavy atom. The first-order chi connectivity index (χ1) is 8.34. The van der Waals surface area contributed by atoms with Gasteiger partial charge in [-0.15, -0.1) is 0 Å². The van der Waals surface area contributed by atoms with Crippen molar-refractivity contribution in [2.24, 2.45) is 0 Å². The molecule has 0 unspecified atom stereocenters. The Kier molecular flexibility index (Phi) is 2.22. The number of H-pyrrole nitrogens is 1. The molecule has 0 aliphatic carbocycles. The summed E-state index contributed by atoms with van der Waals surface area (Å²) in [6, 6.07) is 9.87. The van der Waals surface area contributed by atoms with Gasteiger partial charge in [0, 0.05) is 5.69 Å². The van der Waals surface area contributed by atoms with E-state index in [1.807, 2.05) is 37.3 Å². The molecule has 0 fully saturated rings. The molecule has 0 amide bonds. The number of para-hydroxylation sites is 1. The molecule has 3 rings (SSSR count). The molecule has 0 saturated heterocycles. The highest BCUT2D eigenvalue weighted by Gasteiger charge is 2.08. The Labute approximate surface area is 97.9 Å². The van der Waals surface area contributed by atoms with Crippen LogP contribution in [0.15, 0.2) is 36.7 Å². The molecule has 0 radical (unpaired) electrons. The number of aromatic nitrogens is 4. The smallest absolute Gasteiger partial charge is 0.162 e. The second-order valence-electron chi connectivity index (χ2n) is 3.76. The fraction of sp³-hybridized carbons (Fsp3) is 0.0833. The lowest BCUT2D eigenvalue weighted by Gasteiger charge is -2.04. The third-order valence-corrected chi connectivity index (χ3v) is 2.55. The first kappa shape index (κ1) is 9.77. The first-order valence-corrected chi connectivity index (χ1v) is 5.32. The Morgan fingerprint density at radius 3 is 2.71 bits per heavy atom. The molecule has 2 aromatic heterocycles. The molecule has 17 heavy (non-hydrogen) atoms. The Hall–Kier alpha value is -2.43. The van der Waals surface area contributed by atoms with Crippen LogP contribution < -0.4 is 5.32 Å². The maximum Gasteiger partial charge on any atom is 0.162 e. The second-order valence-corrected chi connectivity index (χ2v) is 3.76. The van der Waals surface area contributed by atoms with E-state index in [1.165, 1.54) is 6.33 Å². The lowest BCUT2D eigenvalue weighted by atomic mass is 10.3. The highest BCUT2D eigenvalue weighted by molar-refractivity contribution is 5.88. The third-order valence-electron chi connectivity index (χ3n) is 2.55. The van der Waals surface area contributed by atoms with Crippen molar-refractivity contribution < 1.29 is 0 Å². The fourth-order valence-corrected chi connectivity index (χ4v) is 1.70. The highest BCUT2D eigenvalue weighted by atomic mass is 15.2. The predicted molar refractivity (Wildman–Crippen MR) is 66.1 cm³/mol. The van der Waals surface area contributed by atoms with Crippen LogP contribution in [0.2, 0.25) is 0 Å². The van der Waals surface area contributed by atoms with Crippen LogP contribution >= 0.6 is 0 Å². The SMILES string of the molecule is Cc1[nH]nc2c(Nc3ccccc3)ncnc12. The summed E-state index contributed by atoms with van der Waals surface area (Å²) in [5.74, 6) is 0.713. The lowest BCUT2D eigenvalue weighted by Crippen LogP contribution is -1.95. The highest BCUT2D eigenvalue weighted by Crippen LogP contribution is 2.21. The normalized spacial score (nSPS) is 10.6. The van der Waals surface area contributed by atoms with Crippen molar-refractivity contribution in [1.29, 1.82) is 0 Å². The van der Waals surface area contributed by atoms with Gasteiger partial charge in [-0.3, -0.25) is 5.10 Å². The third kappa shape index (κ3) is 1.71. The maximum atomic E-state index is 4.21. The summed E-state index contributed by atoms with van der Waals surface area (Å²) in [5, 5.41) is 10.3. The molecule has 2 heterocycles. The summed E-state index contributed by atoms with van der Waals surface area (Å²) in [5.41, 5.74) is 3.53. The van der Waals surface area contributed by atoms with Crippen molar-refractivity contribution in [2.45, 2.75) is 6.92 Å². The number of aromatic amines is 1. The average molecular weight is 225 g/mol. The van der Waals surface area contributed by atoms with E-state index in [0.717, 1.165) is 22.4 Å². The largest absolute Gasteiger partial charge is 0.338 e. The Balaban J connectivity index is 2.06. The molecule has 0 saturated carbocycles. The van der Waals surface area contributed by atoms with Crippen LogP contribution in [-0.2, 0) is 0 Å². The van der Waals surface area contributed by atoms with Gasteiger partial charge in [-0.05, 0) is 19.1 Å². The number of benzene rings is 1. The van der Waals surface area contributed by atoms with Gasteiger partial charge in [0.15, 0.2) is 11.3 Å². The van der Waals surface area contributed by atoms with Gasteiger partial charge >= 0.3 is 0 Å². The minimum Gasteiger partial charge on any atom is -0.338 e. The molecule has 2 N–H and O–H groups in total. The zero-order valence-corrected chi connectivity index (χ0v) is 9.31. The van der Waals surface area contributed by atoms with Crippen LogP contribution in [0.1, 0.15) is 5.69 Å². The molecule has 0 aliphatic rings. The van der Waals surface area contributed by atoms with Crippen molar-refractivity contribution in [1.82, 2.24) is 20.2 Å². The average Bonchev–Trinajstić information content (AvgIpc) is 2.74. The molecule has 0 bridgehead atoms. The molecule has 0 atom stereocenters. The minimum atomic E-state index is 0.713. The van der Waals surface area contributed by atoms with Gasteiger partial charge in [0.2, 0.25) is 0 Å². The number of hydrogen-bond donors (Lipinski definition) is 2. The van der Waals surface area contributed by atoms with Crippen LogP contribution in [0, 0.1) is 6.92 Å². The molecule has 84 valence electrons. The quantitative estimate of drug-likeness (QED) is 0.702. The van der Waals surface area contributed by atoms with E-state index in [9.17, 15) is 0 Å². The van der Waals surface area contributed by atoms with Gasteiger partial charge in [-0.25, -0.2) is 9.97 Å². The van der Waals surface area contributed by atoms with E-state index >= 15 is 0 Å². The molecular weight excluding hydrogens is 214 g/mol. The molecule has 5 nitrogen and oxygen atoms in total. The molecular formula is C12H11N5. The number of rotatable bonds is 2. The van der Waals surface area contributed by atoms with Gasteiger partial charge in [0.25, 0.3) is 0 Å². The van der Waals surface area contributed by atoms with Crippen molar-refractivity contribution in [3.05, 3.63) is 42.4 Å². The summed E-state index contributed by atoms with van der Waals surface area (Å²) in [6.45, 7) is 1.94. The van der Waals surface area contributed by atoms with E-state index in [0.29, 0.717) is 5.82 Å². The number of aryl methyl sites for hydroxylation is 1. The maximum absolute atomic E-state index is 4.21. The first-order valence-electron chi connectivity index (χ1n) is 5.32. The molecule has 3 aromatic rings. The summed E-state index contributed by atoms with van der Waals surface area (Å²) in [6.07, 6.45) is 1.54. The summed E-state index contributed by atoms with van der Waals surface area (Å²) < 4.78 is 0. The number of hydrogen-bond acceptors (Lipinski definition) is 4. The van der Waals surface area contributed by atoms with E-state index in [4.69, 9.17) is 0 Å². The van der Waals surface area contributed by atoms with E-state index in [1.54, 1.807) is 0 Å². The molecule has 5 heteroatoms. The summed E-state index contributed by atoms with van der Waals surface area (Å²) >= 11 is 0. The monoisotopic (exact) mass is 225 g/mol. The number of nitrogens with zero attached hydrogens (tertiary/aromatic N) is 3. The predicted octanol–water partition coefficient (Wildman–Crippen LogP) is 2.40. The van der Waals surface area contributed by atoms with E-state index < -0.39 is 0 Å². The van der Waals surface area contributed by atoms with Crippen LogP contribution in [0.25, 0.3) is 11.0 Å². The van der Waals surface area contributed by atoms with Crippen molar-refractivity contribution in [3.63, 3.8) is 0 Å². The van der Waals surface area contributed by atoms with Gasteiger partial charge < -0.3 is 5.32 Å². The van der Waals surface area contributed by atoms with Crippen LogP contribution in [0.4, 0.5) is 11.5 Å². The van der Waals surface area contributed by atoms with Crippen molar-refractivity contribution in [3.8, 4) is 0 Å². The zero-order valence-electron chi connectivity index (χ0n) is 9.31. The van der Waals surface area contributed by atoms with Crippen LogP contribution in [-0.4, -0.2) is 20.2 Å². The van der Waals surface area contributed by atoms with Gasteiger partial charge in [0.1, 0.15) is 11.8 Å². The zero-order chi connectivity index (χ0) is 11.7. The molecule has 0 spiro atoms. The lowest BCUT2D eigenvalue weighted by molar-refractivity contribution is 1.07. The standard InChI is InChI=1S/C12H11N5/c1-8-10-11(17-16-8)12(14-7-13-10)15-9-5-3-2-4-6-9/h2-7H,1H3,(H,16,17)(H,13,14,15). The van der Waals surface area contributed by atoms with Crippen LogP contribution in [0.3, 0.4) is 0 Å². The summed E-state index contributed by atoms with van der Waals surface area (Å²) in [4.78, 5) is 8.41. The number of fused-ring (bicyclic) bond motifs is 1. The van der Waals surface area contributed by atoms with E-state index in [2.05, 4.69) is 25.5 Å². The van der Waals surface area contributed by atoms with Gasteiger partial charge in [-0.2, -0.15) is 5.10 Å². The second kappa shape index (κ2) is 3.86. The van der Waals surface area contributed by atoms with Gasteiger partial charge in [0.05, 0.1) is 5.69 Å². The topological polar surface area (TPSA) is 66.5 Å². The van der Waals surface area contributed by atoms with E-state index in [-0.39, 0.29) is 0 Å². The van der Waals surface area contributed by atoms with Gasteiger partial charge in [-0.1, -0.05) is 18.2 Å². The number of anilines is 2. The fourth-order valence-electron chi connectivity index (χ4n) is 1.70. The Bertz CT molecular complexity index is 644. The number of nitrogens with one attached hydrogen (secondary N) is 2. The minimum absolute atomic E-state index is 0.713. The Morgan fingerprint density at radius 1 is 1.06 bits per heavy atom. The van der Waals surface area contributed by atoms with Crippen LogP contribution in [0.5, 0.6) is 0 Å².